The molecule has 0 aromatic carbocycles. The van der Waals surface area contributed by atoms with Gasteiger partial charge in [0.05, 0.1) is 0 Å². The van der Waals surface area contributed by atoms with Crippen molar-refractivity contribution in [2.75, 3.05) is 30.0 Å². The van der Waals surface area contributed by atoms with Crippen molar-refractivity contribution in [1.29, 1.82) is 0 Å². The molecule has 1 heterocycles. The second-order valence-corrected chi connectivity index (χ2v) is 6.40. The number of anilines is 2. The Morgan fingerprint density at radius 2 is 1.86 bits per heavy atom. The fourth-order valence-corrected chi connectivity index (χ4v) is 2.04. The Morgan fingerprint density at radius 3 is 2.38 bits per heavy atom. The van der Waals surface area contributed by atoms with Crippen molar-refractivity contribution in [1.82, 2.24) is 15.3 Å². The summed E-state index contributed by atoms with van der Waals surface area (Å²) in [5.74, 6) is 1.55. The summed E-state index contributed by atoms with van der Waals surface area (Å²) in [4.78, 5) is 20.5. The number of thioether (sulfide) groups is 1. The zero-order chi connectivity index (χ0) is 15.9. The summed E-state index contributed by atoms with van der Waals surface area (Å²) in [5.41, 5.74) is -0.198. The first kappa shape index (κ1) is 17.6. The Bertz CT molecular complexity index is 473. The summed E-state index contributed by atoms with van der Waals surface area (Å²) in [6.07, 6.45) is 2.35. The largest absolute Gasteiger partial charge is 0.370 e. The number of hydrogen-bond donors (Lipinski definition) is 3. The summed E-state index contributed by atoms with van der Waals surface area (Å²) in [6, 6.07) is 1.85. The van der Waals surface area contributed by atoms with E-state index >= 15 is 0 Å². The predicted octanol–water partition coefficient (Wildman–Crippen LogP) is 2.35. The van der Waals surface area contributed by atoms with Crippen LogP contribution in [0.2, 0.25) is 0 Å². The molecule has 0 spiro atoms. The zero-order valence-corrected chi connectivity index (χ0v) is 14.2. The minimum Gasteiger partial charge on any atom is -0.370 e. The van der Waals surface area contributed by atoms with E-state index in [1.165, 1.54) is 11.8 Å². The lowest BCUT2D eigenvalue weighted by molar-refractivity contribution is -0.122. The van der Waals surface area contributed by atoms with Crippen molar-refractivity contribution < 1.29 is 4.79 Å². The number of aromatic nitrogens is 2. The van der Waals surface area contributed by atoms with Gasteiger partial charge < -0.3 is 16.0 Å². The molecule has 0 fully saturated rings. The van der Waals surface area contributed by atoms with Gasteiger partial charge in [-0.2, -0.15) is 0 Å². The van der Waals surface area contributed by atoms with Gasteiger partial charge in [-0.1, -0.05) is 11.8 Å². The molecule has 6 nitrogen and oxygen atoms in total. The van der Waals surface area contributed by atoms with Crippen LogP contribution in [0.1, 0.15) is 34.1 Å². The van der Waals surface area contributed by atoms with E-state index in [0.29, 0.717) is 18.1 Å². The highest BCUT2D eigenvalue weighted by atomic mass is 32.2. The predicted molar refractivity (Wildman–Crippen MR) is 89.0 cm³/mol. The van der Waals surface area contributed by atoms with Gasteiger partial charge in [-0.3, -0.25) is 4.79 Å². The van der Waals surface area contributed by atoms with E-state index in [-0.39, 0.29) is 11.4 Å². The van der Waals surface area contributed by atoms with Crippen LogP contribution in [-0.4, -0.2) is 40.8 Å². The van der Waals surface area contributed by atoms with Gasteiger partial charge in [0.1, 0.15) is 11.6 Å². The summed E-state index contributed by atoms with van der Waals surface area (Å²) in [6.45, 7) is 9.27. The van der Waals surface area contributed by atoms with Crippen molar-refractivity contribution >= 4 is 29.3 Å². The molecule has 0 aliphatic carbocycles. The maximum absolute atomic E-state index is 11.7. The van der Waals surface area contributed by atoms with Crippen molar-refractivity contribution in [2.45, 2.75) is 44.8 Å². The van der Waals surface area contributed by atoms with E-state index in [0.717, 1.165) is 18.2 Å². The fourth-order valence-electron chi connectivity index (χ4n) is 1.66. The average Bonchev–Trinajstić information content (AvgIpc) is 2.36. The van der Waals surface area contributed by atoms with Crippen LogP contribution in [0.25, 0.3) is 0 Å². The van der Waals surface area contributed by atoms with E-state index in [1.54, 1.807) is 0 Å². The Hall–Kier alpha value is -1.50. The molecule has 0 radical (unpaired) electrons. The van der Waals surface area contributed by atoms with E-state index in [2.05, 4.69) is 25.9 Å². The highest BCUT2D eigenvalue weighted by Gasteiger charge is 2.13. The van der Waals surface area contributed by atoms with Gasteiger partial charge in [0, 0.05) is 31.1 Å². The minimum absolute atomic E-state index is 0.0288. The molecule has 0 saturated carbocycles. The molecule has 0 atom stereocenters. The molecular weight excluding hydrogens is 286 g/mol. The van der Waals surface area contributed by atoms with Gasteiger partial charge in [-0.05, 0) is 34.0 Å². The van der Waals surface area contributed by atoms with Crippen molar-refractivity contribution in [3.63, 3.8) is 0 Å². The first-order valence-electron chi connectivity index (χ1n) is 7.06. The van der Waals surface area contributed by atoms with E-state index in [9.17, 15) is 4.79 Å². The molecule has 0 aliphatic rings. The maximum Gasteiger partial charge on any atom is 0.222 e. The molecule has 118 valence electrons. The SMILES string of the molecule is CCNc1cc(NCCC(=O)NC(C)(C)C)nc(SC)n1. The number of carbonyl (C=O) groups excluding carboxylic acids is 1. The molecule has 1 rings (SSSR count). The summed E-state index contributed by atoms with van der Waals surface area (Å²) >= 11 is 1.49. The van der Waals surface area contributed by atoms with Crippen molar-refractivity contribution in [2.24, 2.45) is 0 Å². The van der Waals surface area contributed by atoms with E-state index < -0.39 is 0 Å². The molecule has 1 aromatic rings. The quantitative estimate of drug-likeness (QED) is 0.530. The van der Waals surface area contributed by atoms with Crippen LogP contribution in [0.5, 0.6) is 0 Å². The third-order valence-corrected chi connectivity index (χ3v) is 2.97. The molecule has 21 heavy (non-hydrogen) atoms. The Labute approximate surface area is 130 Å². The number of nitrogens with zero attached hydrogens (tertiary/aromatic N) is 2. The van der Waals surface area contributed by atoms with Crippen LogP contribution < -0.4 is 16.0 Å². The first-order chi connectivity index (χ1) is 9.84. The molecule has 0 unspecified atom stereocenters. The number of rotatable bonds is 7. The van der Waals surface area contributed by atoms with Gasteiger partial charge in [0.25, 0.3) is 0 Å². The number of hydrogen-bond acceptors (Lipinski definition) is 6. The minimum atomic E-state index is -0.198. The van der Waals surface area contributed by atoms with E-state index in [4.69, 9.17) is 0 Å². The lowest BCUT2D eigenvalue weighted by atomic mass is 10.1. The van der Waals surface area contributed by atoms with Gasteiger partial charge >= 0.3 is 0 Å². The average molecular weight is 311 g/mol. The first-order valence-corrected chi connectivity index (χ1v) is 8.28. The molecular formula is C14H25N5OS. The zero-order valence-electron chi connectivity index (χ0n) is 13.4. The van der Waals surface area contributed by atoms with E-state index in [1.807, 2.05) is 40.0 Å². The molecule has 7 heteroatoms. The van der Waals surface area contributed by atoms with Crippen LogP contribution in [0.4, 0.5) is 11.6 Å². The van der Waals surface area contributed by atoms with Crippen LogP contribution in [-0.2, 0) is 4.79 Å². The maximum atomic E-state index is 11.7. The van der Waals surface area contributed by atoms with Gasteiger partial charge in [-0.25, -0.2) is 9.97 Å². The molecule has 0 saturated heterocycles. The lowest BCUT2D eigenvalue weighted by Crippen LogP contribution is -2.41. The normalized spacial score (nSPS) is 11.1. The van der Waals surface area contributed by atoms with Gasteiger partial charge in [0.2, 0.25) is 5.91 Å². The second-order valence-electron chi connectivity index (χ2n) is 5.63. The van der Waals surface area contributed by atoms with Crippen molar-refractivity contribution in [3.8, 4) is 0 Å². The Kier molecular flexibility index (Phi) is 6.74. The highest BCUT2D eigenvalue weighted by molar-refractivity contribution is 7.98. The topological polar surface area (TPSA) is 78.9 Å². The number of carbonyl (C=O) groups is 1. The van der Waals surface area contributed by atoms with Crippen LogP contribution >= 0.6 is 11.8 Å². The standard InChI is InChI=1S/C14H25N5OS/c1-6-15-10-9-11(18-13(17-10)21-5)16-8-7-12(20)19-14(2,3)4/h9H,6-8H2,1-5H3,(H,19,20)(H2,15,16,17,18). The van der Waals surface area contributed by atoms with Gasteiger partial charge in [-0.15, -0.1) is 0 Å². The van der Waals surface area contributed by atoms with Crippen LogP contribution in [0.3, 0.4) is 0 Å². The van der Waals surface area contributed by atoms with Crippen LogP contribution in [0.15, 0.2) is 11.2 Å². The highest BCUT2D eigenvalue weighted by Crippen LogP contribution is 2.17. The third-order valence-electron chi connectivity index (χ3n) is 2.42. The lowest BCUT2D eigenvalue weighted by Gasteiger charge is -2.20. The molecule has 1 aromatic heterocycles. The molecule has 3 N–H and O–H groups in total. The second kappa shape index (κ2) is 8.07. The fraction of sp³-hybridized carbons (Fsp3) is 0.643. The Morgan fingerprint density at radius 1 is 1.24 bits per heavy atom. The van der Waals surface area contributed by atoms with Crippen molar-refractivity contribution in [3.05, 3.63) is 6.07 Å². The molecule has 0 bridgehead atoms. The molecule has 0 aliphatic heterocycles. The van der Waals surface area contributed by atoms with Gasteiger partial charge in [0.15, 0.2) is 5.16 Å². The Balaban J connectivity index is 2.54. The summed E-state index contributed by atoms with van der Waals surface area (Å²) in [5, 5.41) is 9.97. The summed E-state index contributed by atoms with van der Waals surface area (Å²) in [7, 11) is 0. The van der Waals surface area contributed by atoms with Crippen LogP contribution in [0, 0.1) is 0 Å². The molecule has 1 amide bonds. The summed E-state index contributed by atoms with van der Waals surface area (Å²) < 4.78 is 0. The smallest absolute Gasteiger partial charge is 0.222 e. The number of amides is 1. The third kappa shape index (κ3) is 7.17. The monoisotopic (exact) mass is 311 g/mol. The number of nitrogens with one attached hydrogen (secondary N) is 3.